The molecule has 1 saturated carbocycles. The summed E-state index contributed by atoms with van der Waals surface area (Å²) in [4.78, 5) is 0.222. The molecule has 1 aromatic heterocycles. The highest BCUT2D eigenvalue weighted by atomic mass is 32.2. The molecule has 1 spiro atoms. The molecule has 2 heterocycles. The molecule has 136 valence electrons. The SMILES string of the molecule is COCCO[C@H]1CCC12CCN(S(=O)(=O)c1c(C)noc1C)CC2. The summed E-state index contributed by atoms with van der Waals surface area (Å²) in [5.41, 5.74) is 0.565. The summed E-state index contributed by atoms with van der Waals surface area (Å²) in [7, 11) is -1.87. The Morgan fingerprint density at radius 1 is 1.25 bits per heavy atom. The summed E-state index contributed by atoms with van der Waals surface area (Å²) in [5, 5.41) is 3.77. The molecule has 1 saturated heterocycles. The molecule has 2 aliphatic rings. The lowest BCUT2D eigenvalue weighted by Crippen LogP contribution is -2.54. The van der Waals surface area contributed by atoms with Gasteiger partial charge < -0.3 is 14.0 Å². The lowest BCUT2D eigenvalue weighted by Gasteiger charge is -2.53. The Bertz CT molecular complexity index is 657. The maximum atomic E-state index is 12.9. The Hall–Kier alpha value is -0.960. The molecular weight excluding hydrogens is 332 g/mol. The molecular formula is C16H26N2O5S. The van der Waals surface area contributed by atoms with Crippen molar-refractivity contribution in [3.05, 3.63) is 11.5 Å². The van der Waals surface area contributed by atoms with E-state index in [1.807, 2.05) is 0 Å². The zero-order valence-corrected chi connectivity index (χ0v) is 15.4. The van der Waals surface area contributed by atoms with Crippen molar-refractivity contribution in [2.24, 2.45) is 5.41 Å². The van der Waals surface area contributed by atoms with E-state index in [0.717, 1.165) is 25.7 Å². The quantitative estimate of drug-likeness (QED) is 0.722. The minimum absolute atomic E-state index is 0.137. The normalized spacial score (nSPS) is 24.2. The lowest BCUT2D eigenvalue weighted by molar-refractivity contribution is -0.137. The number of sulfonamides is 1. The zero-order chi connectivity index (χ0) is 17.4. The average molecular weight is 358 g/mol. The molecule has 1 aliphatic carbocycles. The van der Waals surface area contributed by atoms with Gasteiger partial charge in [0.2, 0.25) is 10.0 Å². The van der Waals surface area contributed by atoms with Crippen LogP contribution in [0.2, 0.25) is 0 Å². The molecule has 0 N–H and O–H groups in total. The molecule has 0 aromatic carbocycles. The van der Waals surface area contributed by atoms with Gasteiger partial charge in [0, 0.05) is 20.2 Å². The minimum atomic E-state index is -3.54. The van der Waals surface area contributed by atoms with Crippen LogP contribution in [0.15, 0.2) is 9.42 Å². The van der Waals surface area contributed by atoms with E-state index in [1.165, 1.54) is 0 Å². The molecule has 0 amide bonds. The Balaban J connectivity index is 1.65. The summed E-state index contributed by atoms with van der Waals surface area (Å²) in [6, 6.07) is 0. The Labute approximate surface area is 143 Å². The smallest absolute Gasteiger partial charge is 0.248 e. The molecule has 7 nitrogen and oxygen atoms in total. The van der Waals surface area contributed by atoms with Crippen molar-refractivity contribution in [1.82, 2.24) is 9.46 Å². The number of hydrogen-bond donors (Lipinski definition) is 0. The van der Waals surface area contributed by atoms with E-state index in [4.69, 9.17) is 14.0 Å². The predicted molar refractivity (Wildman–Crippen MR) is 87.3 cm³/mol. The summed E-state index contributed by atoms with van der Waals surface area (Å²) in [5.74, 6) is 0.359. The van der Waals surface area contributed by atoms with Crippen molar-refractivity contribution >= 4 is 10.0 Å². The molecule has 0 unspecified atom stereocenters. The fraction of sp³-hybridized carbons (Fsp3) is 0.812. The number of piperidine rings is 1. The van der Waals surface area contributed by atoms with Gasteiger partial charge in [0.05, 0.1) is 19.3 Å². The van der Waals surface area contributed by atoms with Gasteiger partial charge in [-0.1, -0.05) is 5.16 Å². The van der Waals surface area contributed by atoms with Crippen molar-refractivity contribution in [3.8, 4) is 0 Å². The van der Waals surface area contributed by atoms with Gasteiger partial charge in [-0.15, -0.1) is 0 Å². The van der Waals surface area contributed by atoms with Crippen molar-refractivity contribution < 1.29 is 22.4 Å². The molecule has 1 aromatic rings. The van der Waals surface area contributed by atoms with Crippen LogP contribution in [0, 0.1) is 19.3 Å². The molecule has 3 rings (SSSR count). The number of aryl methyl sites for hydroxylation is 2. The van der Waals surface area contributed by atoms with Crippen LogP contribution in [0.5, 0.6) is 0 Å². The van der Waals surface area contributed by atoms with Gasteiger partial charge in [-0.25, -0.2) is 8.42 Å². The van der Waals surface area contributed by atoms with Crippen LogP contribution >= 0.6 is 0 Å². The first-order chi connectivity index (χ1) is 11.4. The number of nitrogens with zero attached hydrogens (tertiary/aromatic N) is 2. The summed E-state index contributed by atoms with van der Waals surface area (Å²) < 4.78 is 43.3. The van der Waals surface area contributed by atoms with Crippen LogP contribution in [0.1, 0.15) is 37.1 Å². The predicted octanol–water partition coefficient (Wildman–Crippen LogP) is 1.89. The third-order valence-electron chi connectivity index (χ3n) is 5.48. The molecule has 0 bridgehead atoms. The van der Waals surface area contributed by atoms with E-state index in [-0.39, 0.29) is 16.4 Å². The van der Waals surface area contributed by atoms with E-state index in [0.29, 0.717) is 37.8 Å². The number of rotatable bonds is 6. The highest BCUT2D eigenvalue weighted by Gasteiger charge is 2.50. The standard InChI is InChI=1S/C16H26N2O5S/c1-12-15(13(2)23-17-12)24(19,20)18-8-6-16(7-9-18)5-4-14(16)22-11-10-21-3/h14H,4-11H2,1-3H3/t14-/m0/s1. The van der Waals surface area contributed by atoms with E-state index in [2.05, 4.69) is 5.16 Å². The van der Waals surface area contributed by atoms with Crippen LogP contribution in [-0.4, -0.2) is 57.4 Å². The Morgan fingerprint density at radius 2 is 1.96 bits per heavy atom. The van der Waals surface area contributed by atoms with Crippen molar-refractivity contribution in [2.45, 2.75) is 50.5 Å². The van der Waals surface area contributed by atoms with Crippen LogP contribution < -0.4 is 0 Å². The van der Waals surface area contributed by atoms with Crippen LogP contribution in [0.25, 0.3) is 0 Å². The van der Waals surface area contributed by atoms with Crippen molar-refractivity contribution in [2.75, 3.05) is 33.4 Å². The molecule has 0 radical (unpaired) electrons. The minimum Gasteiger partial charge on any atom is -0.382 e. The first-order valence-electron chi connectivity index (χ1n) is 8.44. The second-order valence-electron chi connectivity index (χ2n) is 6.81. The summed E-state index contributed by atoms with van der Waals surface area (Å²) in [6.45, 7) is 5.56. The summed E-state index contributed by atoms with van der Waals surface area (Å²) >= 11 is 0. The van der Waals surface area contributed by atoms with E-state index in [9.17, 15) is 8.42 Å². The van der Waals surface area contributed by atoms with Gasteiger partial charge in [0.25, 0.3) is 0 Å². The number of aromatic nitrogens is 1. The van der Waals surface area contributed by atoms with Crippen LogP contribution in [-0.2, 0) is 19.5 Å². The second-order valence-corrected chi connectivity index (χ2v) is 8.69. The molecule has 1 atom stereocenters. The lowest BCUT2D eigenvalue weighted by atomic mass is 9.61. The summed E-state index contributed by atoms with van der Waals surface area (Å²) in [6.07, 6.45) is 4.08. The topological polar surface area (TPSA) is 81.9 Å². The monoisotopic (exact) mass is 358 g/mol. The van der Waals surface area contributed by atoms with Crippen LogP contribution in [0.3, 0.4) is 0 Å². The van der Waals surface area contributed by atoms with E-state index < -0.39 is 10.0 Å². The van der Waals surface area contributed by atoms with Gasteiger partial charge in [0.1, 0.15) is 10.6 Å². The van der Waals surface area contributed by atoms with Gasteiger partial charge in [-0.05, 0) is 44.9 Å². The van der Waals surface area contributed by atoms with Crippen molar-refractivity contribution in [3.63, 3.8) is 0 Å². The highest BCUT2D eigenvalue weighted by molar-refractivity contribution is 7.89. The third kappa shape index (κ3) is 3.00. The number of ether oxygens (including phenoxy) is 2. The third-order valence-corrected chi connectivity index (χ3v) is 7.62. The van der Waals surface area contributed by atoms with Crippen molar-refractivity contribution in [1.29, 1.82) is 0 Å². The first-order valence-corrected chi connectivity index (χ1v) is 9.88. The fourth-order valence-corrected chi connectivity index (χ4v) is 5.65. The average Bonchev–Trinajstić information content (AvgIpc) is 2.90. The highest BCUT2D eigenvalue weighted by Crippen LogP contribution is 2.51. The molecule has 24 heavy (non-hydrogen) atoms. The zero-order valence-electron chi connectivity index (χ0n) is 14.6. The largest absolute Gasteiger partial charge is 0.382 e. The van der Waals surface area contributed by atoms with Gasteiger partial charge in [-0.2, -0.15) is 4.31 Å². The maximum absolute atomic E-state index is 12.9. The van der Waals surface area contributed by atoms with Gasteiger partial charge in [0.15, 0.2) is 5.76 Å². The van der Waals surface area contributed by atoms with Crippen LogP contribution in [0.4, 0.5) is 0 Å². The second kappa shape index (κ2) is 6.74. The number of methoxy groups -OCH3 is 1. The Morgan fingerprint density at radius 3 is 2.46 bits per heavy atom. The maximum Gasteiger partial charge on any atom is 0.248 e. The van der Waals surface area contributed by atoms with E-state index in [1.54, 1.807) is 25.3 Å². The van der Waals surface area contributed by atoms with Gasteiger partial charge in [-0.3, -0.25) is 0 Å². The van der Waals surface area contributed by atoms with E-state index >= 15 is 0 Å². The Kier molecular flexibility index (Phi) is 5.01. The fourth-order valence-electron chi connectivity index (χ4n) is 3.92. The molecule has 8 heteroatoms. The first kappa shape index (κ1) is 17.8. The molecule has 2 fully saturated rings. The van der Waals surface area contributed by atoms with Gasteiger partial charge >= 0.3 is 0 Å². The number of hydrogen-bond acceptors (Lipinski definition) is 6. The molecule has 1 aliphatic heterocycles.